The summed E-state index contributed by atoms with van der Waals surface area (Å²) in [5.74, 6) is 0.799. The Balaban J connectivity index is 1.41. The topological polar surface area (TPSA) is 61.4 Å². The van der Waals surface area contributed by atoms with Gasteiger partial charge in [-0.15, -0.1) is 0 Å². The molecule has 1 atom stereocenters. The van der Waals surface area contributed by atoms with E-state index in [9.17, 15) is 9.59 Å². The van der Waals surface area contributed by atoms with Gasteiger partial charge in [0.05, 0.1) is 6.04 Å². The third kappa shape index (κ3) is 3.32. The fourth-order valence-corrected chi connectivity index (χ4v) is 3.21. The fourth-order valence-electron chi connectivity index (χ4n) is 3.21. The lowest BCUT2D eigenvalue weighted by molar-refractivity contribution is -0.133. The van der Waals surface area contributed by atoms with E-state index in [0.29, 0.717) is 11.8 Å². The third-order valence-electron chi connectivity index (χ3n) is 4.71. The number of carbonyl (C=O) groups is 2. The molecule has 20 heavy (non-hydrogen) atoms. The van der Waals surface area contributed by atoms with Crippen LogP contribution in [0, 0.1) is 5.92 Å². The highest BCUT2D eigenvalue weighted by atomic mass is 16.2. The lowest BCUT2D eigenvalue weighted by Gasteiger charge is -2.33. The zero-order valence-electron chi connectivity index (χ0n) is 12.1. The van der Waals surface area contributed by atoms with Crippen molar-refractivity contribution in [1.82, 2.24) is 15.5 Å². The second-order valence-electron chi connectivity index (χ2n) is 6.38. The van der Waals surface area contributed by atoms with Gasteiger partial charge in [-0.05, 0) is 45.1 Å². The van der Waals surface area contributed by atoms with Gasteiger partial charge in [0.2, 0.25) is 11.8 Å². The summed E-state index contributed by atoms with van der Waals surface area (Å²) < 4.78 is 0. The monoisotopic (exact) mass is 279 g/mol. The van der Waals surface area contributed by atoms with Gasteiger partial charge in [0.1, 0.15) is 0 Å². The fraction of sp³-hybridized carbons (Fsp3) is 0.867. The van der Waals surface area contributed by atoms with E-state index in [-0.39, 0.29) is 18.0 Å². The van der Waals surface area contributed by atoms with Crippen LogP contribution in [0.1, 0.15) is 44.9 Å². The zero-order chi connectivity index (χ0) is 13.9. The summed E-state index contributed by atoms with van der Waals surface area (Å²) in [5.41, 5.74) is 0. The molecule has 0 aromatic rings. The van der Waals surface area contributed by atoms with Gasteiger partial charge in [0, 0.05) is 25.0 Å². The average molecular weight is 279 g/mol. The van der Waals surface area contributed by atoms with Crippen LogP contribution >= 0.6 is 0 Å². The van der Waals surface area contributed by atoms with Crippen molar-refractivity contribution >= 4 is 11.8 Å². The maximum Gasteiger partial charge on any atom is 0.237 e. The van der Waals surface area contributed by atoms with Gasteiger partial charge in [-0.25, -0.2) is 0 Å². The molecule has 2 aliphatic heterocycles. The first-order valence-corrected chi connectivity index (χ1v) is 8.06. The van der Waals surface area contributed by atoms with E-state index >= 15 is 0 Å². The van der Waals surface area contributed by atoms with Gasteiger partial charge in [-0.2, -0.15) is 0 Å². The molecule has 0 aromatic heterocycles. The van der Waals surface area contributed by atoms with Crippen LogP contribution in [0.25, 0.3) is 0 Å². The van der Waals surface area contributed by atoms with Crippen LogP contribution in [0.15, 0.2) is 0 Å². The standard InChI is InChI=1S/C15H25N3O2/c19-14(13-3-1-2-8-16-13)17-12-6-9-18(10-7-12)15(20)11-4-5-11/h11-13,16H,1-10H2,(H,17,19)/t13-/m1/s1. The number of nitrogens with one attached hydrogen (secondary N) is 2. The van der Waals surface area contributed by atoms with Crippen molar-refractivity contribution in [3.63, 3.8) is 0 Å². The summed E-state index contributed by atoms with van der Waals surface area (Å²) >= 11 is 0. The number of hydrogen-bond acceptors (Lipinski definition) is 3. The number of amides is 2. The normalized spacial score (nSPS) is 28.2. The molecule has 0 radical (unpaired) electrons. The van der Waals surface area contributed by atoms with E-state index in [0.717, 1.165) is 58.2 Å². The molecule has 2 amide bonds. The van der Waals surface area contributed by atoms with E-state index in [1.807, 2.05) is 4.90 Å². The maximum atomic E-state index is 12.1. The number of hydrogen-bond donors (Lipinski definition) is 2. The van der Waals surface area contributed by atoms with Gasteiger partial charge in [0.25, 0.3) is 0 Å². The molecule has 2 N–H and O–H groups in total. The quantitative estimate of drug-likeness (QED) is 0.797. The van der Waals surface area contributed by atoms with Gasteiger partial charge in [0.15, 0.2) is 0 Å². The van der Waals surface area contributed by atoms with Gasteiger partial charge >= 0.3 is 0 Å². The van der Waals surface area contributed by atoms with Gasteiger partial charge in [-0.1, -0.05) is 6.42 Å². The Bertz CT molecular complexity index is 367. The smallest absolute Gasteiger partial charge is 0.237 e. The molecule has 1 saturated carbocycles. The number of piperidine rings is 2. The SMILES string of the molecule is O=C(NC1CCN(C(=O)C2CC2)CC1)[C@H]1CCCCN1. The molecular weight excluding hydrogens is 254 g/mol. The van der Waals surface area contributed by atoms with Crippen molar-refractivity contribution in [2.75, 3.05) is 19.6 Å². The molecule has 112 valence electrons. The third-order valence-corrected chi connectivity index (χ3v) is 4.71. The Hall–Kier alpha value is -1.10. The molecular formula is C15H25N3O2. The summed E-state index contributed by atoms with van der Waals surface area (Å²) in [7, 11) is 0. The van der Waals surface area contributed by atoms with Crippen molar-refractivity contribution in [3.8, 4) is 0 Å². The van der Waals surface area contributed by atoms with Crippen molar-refractivity contribution in [2.24, 2.45) is 5.92 Å². The molecule has 5 nitrogen and oxygen atoms in total. The van der Waals surface area contributed by atoms with E-state index < -0.39 is 0 Å². The van der Waals surface area contributed by atoms with E-state index in [4.69, 9.17) is 0 Å². The van der Waals surface area contributed by atoms with Gasteiger partial charge in [-0.3, -0.25) is 9.59 Å². The predicted octanol–water partition coefficient (Wildman–Crippen LogP) is 0.646. The lowest BCUT2D eigenvalue weighted by atomic mass is 10.0. The first-order valence-electron chi connectivity index (χ1n) is 8.06. The van der Waals surface area contributed by atoms with Crippen LogP contribution in [-0.2, 0) is 9.59 Å². The van der Waals surface area contributed by atoms with Crippen molar-refractivity contribution in [1.29, 1.82) is 0 Å². The first-order chi connectivity index (χ1) is 9.74. The molecule has 2 heterocycles. The summed E-state index contributed by atoms with van der Waals surface area (Å²) in [4.78, 5) is 26.1. The van der Waals surface area contributed by atoms with E-state index in [1.54, 1.807) is 0 Å². The Morgan fingerprint density at radius 1 is 1.00 bits per heavy atom. The molecule has 5 heteroatoms. The minimum absolute atomic E-state index is 0.00474. The molecule has 1 aliphatic carbocycles. The Labute approximate surface area is 120 Å². The van der Waals surface area contributed by atoms with Crippen LogP contribution < -0.4 is 10.6 Å². The predicted molar refractivity (Wildman–Crippen MR) is 76.1 cm³/mol. The van der Waals surface area contributed by atoms with Crippen LogP contribution in [0.2, 0.25) is 0 Å². The van der Waals surface area contributed by atoms with Crippen LogP contribution in [0.4, 0.5) is 0 Å². The van der Waals surface area contributed by atoms with Crippen LogP contribution in [0.3, 0.4) is 0 Å². The number of carbonyl (C=O) groups excluding carboxylic acids is 2. The second kappa shape index (κ2) is 6.12. The first kappa shape index (κ1) is 13.9. The second-order valence-corrected chi connectivity index (χ2v) is 6.38. The van der Waals surface area contributed by atoms with E-state index in [2.05, 4.69) is 10.6 Å². The Kier molecular flexibility index (Phi) is 4.24. The summed E-state index contributed by atoms with van der Waals surface area (Å²) in [5, 5.41) is 6.44. The molecule has 0 unspecified atom stereocenters. The average Bonchev–Trinajstić information content (AvgIpc) is 3.33. The molecule has 3 fully saturated rings. The number of nitrogens with zero attached hydrogens (tertiary/aromatic N) is 1. The Morgan fingerprint density at radius 2 is 1.75 bits per heavy atom. The van der Waals surface area contributed by atoms with Crippen molar-refractivity contribution in [3.05, 3.63) is 0 Å². The molecule has 0 aromatic carbocycles. The maximum absolute atomic E-state index is 12.1. The summed E-state index contributed by atoms with van der Waals surface area (Å²) in [6, 6.07) is 0.240. The molecule has 2 saturated heterocycles. The summed E-state index contributed by atoms with van der Waals surface area (Å²) in [6.07, 6.45) is 7.20. The lowest BCUT2D eigenvalue weighted by Crippen LogP contribution is -2.52. The van der Waals surface area contributed by atoms with Crippen molar-refractivity contribution in [2.45, 2.75) is 57.0 Å². The zero-order valence-corrected chi connectivity index (χ0v) is 12.1. The number of likely N-dealkylation sites (tertiary alicyclic amines) is 1. The minimum Gasteiger partial charge on any atom is -0.352 e. The van der Waals surface area contributed by atoms with Gasteiger partial charge < -0.3 is 15.5 Å². The highest BCUT2D eigenvalue weighted by molar-refractivity contribution is 5.82. The van der Waals surface area contributed by atoms with E-state index in [1.165, 1.54) is 6.42 Å². The molecule has 0 bridgehead atoms. The molecule has 3 rings (SSSR count). The van der Waals surface area contributed by atoms with Crippen LogP contribution in [-0.4, -0.2) is 48.4 Å². The largest absolute Gasteiger partial charge is 0.352 e. The number of rotatable bonds is 3. The van der Waals surface area contributed by atoms with Crippen LogP contribution in [0.5, 0.6) is 0 Å². The molecule has 3 aliphatic rings. The Morgan fingerprint density at radius 3 is 2.35 bits per heavy atom. The minimum atomic E-state index is -0.00474. The highest BCUT2D eigenvalue weighted by Gasteiger charge is 2.35. The summed E-state index contributed by atoms with van der Waals surface area (Å²) in [6.45, 7) is 2.56. The van der Waals surface area contributed by atoms with Crippen molar-refractivity contribution < 1.29 is 9.59 Å². The highest BCUT2D eigenvalue weighted by Crippen LogP contribution is 2.31. The molecule has 0 spiro atoms.